The number of esters is 2. The highest BCUT2D eigenvalue weighted by molar-refractivity contribution is 7.07. The van der Waals surface area contributed by atoms with E-state index >= 15 is 0 Å². The second-order valence-electron chi connectivity index (χ2n) is 7.97. The number of carbonyl (C=O) groups excluding carboxylic acids is 2. The number of hydrogen-bond acceptors (Lipinski definition) is 8. The van der Waals surface area contributed by atoms with E-state index in [4.69, 9.17) is 14.2 Å². The van der Waals surface area contributed by atoms with E-state index in [0.29, 0.717) is 38.7 Å². The standard InChI is InChI=1S/C27H26N2O6S/c1-5-33-20-13-9-19(10-14-20)24-23(26(32)34-6-2)16(3)28-27-29(24)25(31)22(36-27)15-18-7-11-21(12-8-18)35-17(4)30/h7-15,24H,5-6H2,1-4H3/b22-15-/t24-/m0/s1. The summed E-state index contributed by atoms with van der Waals surface area (Å²) in [5, 5.41) is 0. The molecule has 0 saturated carbocycles. The van der Waals surface area contributed by atoms with Crippen LogP contribution in [0, 0.1) is 0 Å². The van der Waals surface area contributed by atoms with Crippen LogP contribution in [0.2, 0.25) is 0 Å². The first-order chi connectivity index (χ1) is 17.3. The van der Waals surface area contributed by atoms with E-state index in [1.165, 1.54) is 18.3 Å². The number of thiazole rings is 1. The zero-order chi connectivity index (χ0) is 25.8. The predicted octanol–water partition coefficient (Wildman–Crippen LogP) is 3.12. The van der Waals surface area contributed by atoms with Gasteiger partial charge in [0.1, 0.15) is 11.5 Å². The lowest BCUT2D eigenvalue weighted by Crippen LogP contribution is -2.39. The molecule has 0 radical (unpaired) electrons. The lowest BCUT2D eigenvalue weighted by Gasteiger charge is -2.24. The van der Waals surface area contributed by atoms with Crippen molar-refractivity contribution in [2.75, 3.05) is 13.2 Å². The average molecular weight is 507 g/mol. The Morgan fingerprint density at radius 1 is 1.03 bits per heavy atom. The minimum absolute atomic E-state index is 0.208. The molecule has 3 aromatic rings. The van der Waals surface area contributed by atoms with E-state index < -0.39 is 18.0 Å². The molecule has 36 heavy (non-hydrogen) atoms. The van der Waals surface area contributed by atoms with Crippen LogP contribution in [0.1, 0.15) is 44.9 Å². The van der Waals surface area contributed by atoms with Gasteiger partial charge in [0.2, 0.25) is 0 Å². The van der Waals surface area contributed by atoms with Gasteiger partial charge in [0.15, 0.2) is 4.80 Å². The molecule has 0 aliphatic carbocycles. The fourth-order valence-electron chi connectivity index (χ4n) is 3.97. The van der Waals surface area contributed by atoms with Gasteiger partial charge >= 0.3 is 11.9 Å². The third-order valence-electron chi connectivity index (χ3n) is 5.46. The van der Waals surface area contributed by atoms with E-state index in [9.17, 15) is 14.4 Å². The van der Waals surface area contributed by atoms with Gasteiger partial charge in [-0.25, -0.2) is 9.79 Å². The van der Waals surface area contributed by atoms with E-state index in [0.717, 1.165) is 11.1 Å². The van der Waals surface area contributed by atoms with Crippen molar-refractivity contribution in [3.05, 3.63) is 90.6 Å². The number of allylic oxidation sites excluding steroid dienone is 1. The first kappa shape index (κ1) is 25.1. The first-order valence-electron chi connectivity index (χ1n) is 11.5. The lowest BCUT2D eigenvalue weighted by atomic mass is 9.96. The molecule has 1 aliphatic heterocycles. The third-order valence-corrected chi connectivity index (χ3v) is 6.45. The van der Waals surface area contributed by atoms with Gasteiger partial charge in [-0.3, -0.25) is 14.2 Å². The van der Waals surface area contributed by atoms with Crippen LogP contribution in [0.3, 0.4) is 0 Å². The van der Waals surface area contributed by atoms with Crippen LogP contribution in [0.25, 0.3) is 6.08 Å². The maximum Gasteiger partial charge on any atom is 0.338 e. The summed E-state index contributed by atoms with van der Waals surface area (Å²) < 4.78 is 18.0. The van der Waals surface area contributed by atoms with E-state index in [1.54, 1.807) is 48.8 Å². The molecule has 1 atom stereocenters. The first-order valence-corrected chi connectivity index (χ1v) is 12.3. The molecule has 0 spiro atoms. The molecule has 1 aromatic heterocycles. The Hall–Kier alpha value is -3.98. The molecule has 186 valence electrons. The molecule has 1 aliphatic rings. The van der Waals surface area contributed by atoms with Gasteiger partial charge in [0.05, 0.1) is 35.1 Å². The number of benzene rings is 2. The summed E-state index contributed by atoms with van der Waals surface area (Å²) in [6.45, 7) is 7.46. The largest absolute Gasteiger partial charge is 0.494 e. The lowest BCUT2D eigenvalue weighted by molar-refractivity contribution is -0.139. The number of ether oxygens (including phenoxy) is 3. The third kappa shape index (κ3) is 5.16. The molecular weight excluding hydrogens is 480 g/mol. The van der Waals surface area contributed by atoms with E-state index in [1.807, 2.05) is 31.2 Å². The highest BCUT2D eigenvalue weighted by Gasteiger charge is 2.33. The maximum atomic E-state index is 13.6. The van der Waals surface area contributed by atoms with Crippen molar-refractivity contribution >= 4 is 29.4 Å². The van der Waals surface area contributed by atoms with Gasteiger partial charge in [-0.2, -0.15) is 0 Å². The maximum absolute atomic E-state index is 13.6. The van der Waals surface area contributed by atoms with Crippen LogP contribution in [-0.2, 0) is 14.3 Å². The predicted molar refractivity (Wildman–Crippen MR) is 136 cm³/mol. The van der Waals surface area contributed by atoms with Gasteiger partial charge in [-0.1, -0.05) is 35.6 Å². The second-order valence-corrected chi connectivity index (χ2v) is 8.98. The van der Waals surface area contributed by atoms with Crippen molar-refractivity contribution in [1.82, 2.24) is 4.57 Å². The van der Waals surface area contributed by atoms with Crippen molar-refractivity contribution in [2.45, 2.75) is 33.7 Å². The Morgan fingerprint density at radius 2 is 1.69 bits per heavy atom. The fraction of sp³-hybridized carbons (Fsp3) is 0.259. The highest BCUT2D eigenvalue weighted by atomic mass is 32.1. The number of carbonyl (C=O) groups is 2. The van der Waals surface area contributed by atoms with Crippen LogP contribution in [0.5, 0.6) is 11.5 Å². The monoisotopic (exact) mass is 506 g/mol. The van der Waals surface area contributed by atoms with Gasteiger partial charge in [-0.15, -0.1) is 0 Å². The number of aromatic nitrogens is 1. The second kappa shape index (κ2) is 10.7. The van der Waals surface area contributed by atoms with Crippen LogP contribution in [0.15, 0.2) is 69.6 Å². The van der Waals surface area contributed by atoms with Crippen molar-refractivity contribution in [3.63, 3.8) is 0 Å². The van der Waals surface area contributed by atoms with Gasteiger partial charge < -0.3 is 14.2 Å². The van der Waals surface area contributed by atoms with Gasteiger partial charge in [-0.05, 0) is 62.2 Å². The Labute approximate surface area is 211 Å². The van der Waals surface area contributed by atoms with Gasteiger partial charge in [0, 0.05) is 6.92 Å². The van der Waals surface area contributed by atoms with Crippen molar-refractivity contribution in [3.8, 4) is 11.5 Å². The smallest absolute Gasteiger partial charge is 0.338 e. The SMILES string of the molecule is CCOC(=O)C1=C(C)N=c2s/c(=C\c3ccc(OC(C)=O)cc3)c(=O)n2[C@H]1c1ccc(OCC)cc1. The van der Waals surface area contributed by atoms with Crippen molar-refractivity contribution < 1.29 is 23.8 Å². The van der Waals surface area contributed by atoms with Crippen molar-refractivity contribution in [1.29, 1.82) is 0 Å². The Balaban J connectivity index is 1.84. The molecular formula is C27H26N2O6S. The molecule has 0 unspecified atom stereocenters. The molecule has 0 N–H and O–H groups in total. The summed E-state index contributed by atoms with van der Waals surface area (Å²) in [5.41, 5.74) is 2.07. The molecule has 0 amide bonds. The van der Waals surface area contributed by atoms with Crippen molar-refractivity contribution in [2.24, 2.45) is 4.99 Å². The molecule has 8 nitrogen and oxygen atoms in total. The number of fused-ring (bicyclic) bond motifs is 1. The summed E-state index contributed by atoms with van der Waals surface area (Å²) in [6, 6.07) is 13.5. The Kier molecular flexibility index (Phi) is 7.49. The van der Waals surface area contributed by atoms with Crippen LogP contribution in [0.4, 0.5) is 0 Å². The Bertz CT molecular complexity index is 1500. The van der Waals surface area contributed by atoms with E-state index in [2.05, 4.69) is 4.99 Å². The average Bonchev–Trinajstić information content (AvgIpc) is 3.14. The zero-order valence-corrected chi connectivity index (χ0v) is 21.3. The summed E-state index contributed by atoms with van der Waals surface area (Å²) in [7, 11) is 0. The molecule has 0 bridgehead atoms. The summed E-state index contributed by atoms with van der Waals surface area (Å²) in [4.78, 5) is 42.8. The topological polar surface area (TPSA) is 96.2 Å². The number of rotatable bonds is 7. The molecule has 9 heteroatoms. The summed E-state index contributed by atoms with van der Waals surface area (Å²) in [6.07, 6.45) is 1.75. The van der Waals surface area contributed by atoms with Crippen LogP contribution >= 0.6 is 11.3 Å². The highest BCUT2D eigenvalue weighted by Crippen LogP contribution is 2.31. The Morgan fingerprint density at radius 3 is 2.31 bits per heavy atom. The number of hydrogen-bond donors (Lipinski definition) is 0. The summed E-state index contributed by atoms with van der Waals surface area (Å²) >= 11 is 1.24. The minimum atomic E-state index is -0.690. The quantitative estimate of drug-likeness (QED) is 0.361. The molecule has 2 aromatic carbocycles. The summed E-state index contributed by atoms with van der Waals surface area (Å²) in [5.74, 6) is 0.210. The van der Waals surface area contributed by atoms with Gasteiger partial charge in [0.25, 0.3) is 5.56 Å². The normalized spacial score (nSPS) is 15.2. The molecule has 0 fully saturated rings. The molecule has 0 saturated heterocycles. The fourth-order valence-corrected chi connectivity index (χ4v) is 5.02. The van der Waals surface area contributed by atoms with E-state index in [-0.39, 0.29) is 12.2 Å². The zero-order valence-electron chi connectivity index (χ0n) is 20.4. The van der Waals surface area contributed by atoms with Crippen LogP contribution < -0.4 is 24.4 Å². The van der Waals surface area contributed by atoms with Crippen LogP contribution in [-0.4, -0.2) is 29.7 Å². The minimum Gasteiger partial charge on any atom is -0.494 e. The molecule has 4 rings (SSSR count). The number of nitrogens with zero attached hydrogens (tertiary/aromatic N) is 2. The molecule has 2 heterocycles.